The van der Waals surface area contributed by atoms with Gasteiger partial charge in [0, 0.05) is 25.4 Å². The van der Waals surface area contributed by atoms with E-state index >= 15 is 0 Å². The Balaban J connectivity index is 1.71. The minimum atomic E-state index is -0.715. The van der Waals surface area contributed by atoms with Crippen molar-refractivity contribution < 1.29 is 14.4 Å². The highest BCUT2D eigenvalue weighted by Gasteiger charge is 2.53. The Labute approximate surface area is 130 Å². The number of carbonyl (C=O) groups is 1. The van der Waals surface area contributed by atoms with E-state index < -0.39 is 5.97 Å². The molecule has 1 aliphatic carbocycles. The minimum absolute atomic E-state index is 0.00334. The summed E-state index contributed by atoms with van der Waals surface area (Å²) in [5.74, 6) is 1.73. The molecule has 1 aliphatic heterocycles. The molecule has 0 spiro atoms. The smallest absolute Gasteiger partial charge is 0.303 e. The van der Waals surface area contributed by atoms with Crippen molar-refractivity contribution >= 4 is 5.97 Å². The van der Waals surface area contributed by atoms with Gasteiger partial charge >= 0.3 is 5.97 Å². The first kappa shape index (κ1) is 15.5. The molecule has 1 aromatic rings. The number of hydrogen-bond donors (Lipinski definition) is 1. The normalized spacial score (nSPS) is 28.4. The van der Waals surface area contributed by atoms with Crippen molar-refractivity contribution in [2.75, 3.05) is 19.6 Å². The predicted molar refractivity (Wildman–Crippen MR) is 80.7 cm³/mol. The monoisotopic (exact) mass is 307 g/mol. The van der Waals surface area contributed by atoms with Crippen LogP contribution in [0, 0.1) is 5.92 Å². The highest BCUT2D eigenvalue weighted by Crippen LogP contribution is 2.50. The topological polar surface area (TPSA) is 79.5 Å². The molecule has 3 rings (SSSR count). The van der Waals surface area contributed by atoms with Gasteiger partial charge in [0.25, 0.3) is 0 Å². The summed E-state index contributed by atoms with van der Waals surface area (Å²) >= 11 is 0. The zero-order valence-corrected chi connectivity index (χ0v) is 13.4. The summed E-state index contributed by atoms with van der Waals surface area (Å²) in [4.78, 5) is 17.7. The minimum Gasteiger partial charge on any atom is -0.481 e. The molecule has 122 valence electrons. The third kappa shape index (κ3) is 2.76. The van der Waals surface area contributed by atoms with Crippen LogP contribution in [0.2, 0.25) is 0 Å². The molecule has 6 nitrogen and oxygen atoms in total. The van der Waals surface area contributed by atoms with Gasteiger partial charge in [-0.05, 0) is 31.7 Å². The van der Waals surface area contributed by atoms with E-state index in [-0.39, 0.29) is 17.8 Å². The molecule has 2 aliphatic rings. The second-order valence-electron chi connectivity index (χ2n) is 7.09. The van der Waals surface area contributed by atoms with Gasteiger partial charge in [0.05, 0.1) is 5.41 Å². The van der Waals surface area contributed by atoms with Gasteiger partial charge in [-0.15, -0.1) is 0 Å². The number of nitrogens with zero attached hydrogens (tertiary/aromatic N) is 3. The summed E-state index contributed by atoms with van der Waals surface area (Å²) in [7, 11) is 0. The highest BCUT2D eigenvalue weighted by molar-refractivity contribution is 5.66. The second kappa shape index (κ2) is 5.99. The number of aliphatic carboxylic acids is 1. The van der Waals surface area contributed by atoms with Crippen molar-refractivity contribution in [1.82, 2.24) is 15.0 Å². The molecule has 0 unspecified atom stereocenters. The van der Waals surface area contributed by atoms with Crippen molar-refractivity contribution in [3.63, 3.8) is 0 Å². The Bertz CT molecular complexity index is 542. The fourth-order valence-electron chi connectivity index (χ4n) is 4.04. The van der Waals surface area contributed by atoms with Gasteiger partial charge in [0.15, 0.2) is 5.82 Å². The van der Waals surface area contributed by atoms with E-state index in [9.17, 15) is 4.79 Å². The summed E-state index contributed by atoms with van der Waals surface area (Å²) < 4.78 is 5.62. The van der Waals surface area contributed by atoms with Crippen LogP contribution in [0.3, 0.4) is 0 Å². The van der Waals surface area contributed by atoms with E-state index in [1.165, 1.54) is 12.8 Å². The van der Waals surface area contributed by atoms with E-state index in [1.54, 1.807) is 0 Å². The standard InChI is InChI=1S/C16H25N3O3/c1-11(2)14-17-15(22-18-14)16-7-3-5-12(16)9-19(10-16)8-4-6-13(20)21/h11-12H,3-10H2,1-2H3,(H,20,21)/t12-,16-/m1/s1. The fourth-order valence-corrected chi connectivity index (χ4v) is 4.04. The average Bonchev–Trinajstić information content (AvgIpc) is 3.10. The lowest BCUT2D eigenvalue weighted by atomic mass is 9.80. The van der Waals surface area contributed by atoms with Gasteiger partial charge in [-0.3, -0.25) is 4.79 Å². The number of fused-ring (bicyclic) bond motifs is 1. The molecule has 1 N–H and O–H groups in total. The zero-order chi connectivity index (χ0) is 15.7. The molecule has 1 saturated heterocycles. The molecular weight excluding hydrogens is 282 g/mol. The van der Waals surface area contributed by atoms with Crippen LogP contribution in [0.15, 0.2) is 4.52 Å². The van der Waals surface area contributed by atoms with Crippen molar-refractivity contribution in [2.45, 2.75) is 57.3 Å². The van der Waals surface area contributed by atoms with Crippen LogP contribution in [0.25, 0.3) is 0 Å². The SMILES string of the molecule is CC(C)c1noc([C@@]23CCC[C@@H]2CN(CCCC(=O)O)C3)n1. The van der Waals surface area contributed by atoms with Crippen LogP contribution < -0.4 is 0 Å². The van der Waals surface area contributed by atoms with Gasteiger partial charge in [0.2, 0.25) is 5.89 Å². The van der Waals surface area contributed by atoms with E-state index in [2.05, 4.69) is 28.9 Å². The Hall–Kier alpha value is -1.43. The molecule has 1 aromatic heterocycles. The third-order valence-electron chi connectivity index (χ3n) is 5.19. The Morgan fingerprint density at radius 1 is 1.55 bits per heavy atom. The van der Waals surface area contributed by atoms with E-state index in [1.807, 2.05) is 0 Å². The molecule has 6 heteroatoms. The number of carboxylic acid groups (broad SMARTS) is 1. The number of likely N-dealkylation sites (tertiary alicyclic amines) is 1. The fraction of sp³-hybridized carbons (Fsp3) is 0.812. The number of hydrogen-bond acceptors (Lipinski definition) is 5. The Kier molecular flexibility index (Phi) is 4.21. The lowest BCUT2D eigenvalue weighted by Gasteiger charge is -2.24. The molecular formula is C16H25N3O3. The lowest BCUT2D eigenvalue weighted by Crippen LogP contribution is -2.32. The van der Waals surface area contributed by atoms with E-state index in [0.717, 1.165) is 37.8 Å². The van der Waals surface area contributed by atoms with E-state index in [0.29, 0.717) is 12.3 Å². The highest BCUT2D eigenvalue weighted by atomic mass is 16.5. The average molecular weight is 307 g/mol. The number of carboxylic acids is 1. The molecule has 1 saturated carbocycles. The summed E-state index contributed by atoms with van der Waals surface area (Å²) in [5.41, 5.74) is 0.00334. The van der Waals surface area contributed by atoms with Gasteiger partial charge in [-0.2, -0.15) is 4.98 Å². The first-order valence-corrected chi connectivity index (χ1v) is 8.29. The van der Waals surface area contributed by atoms with Crippen molar-refractivity contribution in [1.29, 1.82) is 0 Å². The molecule has 22 heavy (non-hydrogen) atoms. The molecule has 2 heterocycles. The second-order valence-corrected chi connectivity index (χ2v) is 7.09. The zero-order valence-electron chi connectivity index (χ0n) is 13.4. The van der Waals surface area contributed by atoms with Crippen LogP contribution in [-0.2, 0) is 10.2 Å². The largest absolute Gasteiger partial charge is 0.481 e. The molecule has 0 aromatic carbocycles. The first-order chi connectivity index (χ1) is 10.5. The molecule has 2 fully saturated rings. The van der Waals surface area contributed by atoms with Gasteiger partial charge in [0.1, 0.15) is 0 Å². The Morgan fingerprint density at radius 2 is 2.36 bits per heavy atom. The maximum Gasteiger partial charge on any atom is 0.303 e. The maximum atomic E-state index is 10.7. The van der Waals surface area contributed by atoms with Gasteiger partial charge in [-0.1, -0.05) is 25.4 Å². The number of rotatable bonds is 6. The van der Waals surface area contributed by atoms with Crippen molar-refractivity contribution in [3.8, 4) is 0 Å². The summed E-state index contributed by atoms with van der Waals surface area (Å²) in [6, 6.07) is 0. The first-order valence-electron chi connectivity index (χ1n) is 8.29. The number of aromatic nitrogens is 2. The van der Waals surface area contributed by atoms with Crippen LogP contribution >= 0.6 is 0 Å². The maximum absolute atomic E-state index is 10.7. The molecule has 0 amide bonds. The van der Waals surface area contributed by atoms with Gasteiger partial charge < -0.3 is 14.5 Å². The molecule has 0 radical (unpaired) electrons. The van der Waals surface area contributed by atoms with Gasteiger partial charge in [-0.25, -0.2) is 0 Å². The van der Waals surface area contributed by atoms with E-state index in [4.69, 9.17) is 9.63 Å². The summed E-state index contributed by atoms with van der Waals surface area (Å²) in [5, 5.41) is 12.9. The summed E-state index contributed by atoms with van der Waals surface area (Å²) in [6.07, 6.45) is 4.47. The summed E-state index contributed by atoms with van der Waals surface area (Å²) in [6.45, 7) is 6.95. The van der Waals surface area contributed by atoms with Crippen LogP contribution in [0.4, 0.5) is 0 Å². The van der Waals surface area contributed by atoms with Crippen molar-refractivity contribution in [2.24, 2.45) is 5.92 Å². The van der Waals surface area contributed by atoms with Crippen LogP contribution in [0.1, 0.15) is 63.6 Å². The molecule has 0 bridgehead atoms. The molecule has 2 atom stereocenters. The van der Waals surface area contributed by atoms with Crippen LogP contribution in [0.5, 0.6) is 0 Å². The van der Waals surface area contributed by atoms with Crippen LogP contribution in [-0.4, -0.2) is 45.8 Å². The quantitative estimate of drug-likeness (QED) is 0.869. The third-order valence-corrected chi connectivity index (χ3v) is 5.19. The Morgan fingerprint density at radius 3 is 3.05 bits per heavy atom. The predicted octanol–water partition coefficient (Wildman–Crippen LogP) is 2.41. The van der Waals surface area contributed by atoms with Crippen molar-refractivity contribution in [3.05, 3.63) is 11.7 Å². The lowest BCUT2D eigenvalue weighted by molar-refractivity contribution is -0.137.